The van der Waals surface area contributed by atoms with Gasteiger partial charge in [0.05, 0.1) is 5.69 Å². The lowest BCUT2D eigenvalue weighted by atomic mass is 9.95. The van der Waals surface area contributed by atoms with Gasteiger partial charge in [-0.3, -0.25) is 4.79 Å². The molecule has 2 aliphatic rings. The average Bonchev–Trinajstić information content (AvgIpc) is 3.00. The van der Waals surface area contributed by atoms with Crippen LogP contribution in [0.2, 0.25) is 0 Å². The van der Waals surface area contributed by atoms with Gasteiger partial charge in [0.2, 0.25) is 5.91 Å². The number of hydrogen-bond donors (Lipinski definition) is 1. The first-order chi connectivity index (χ1) is 13.8. The molecule has 1 fully saturated rings. The molecule has 6 nitrogen and oxygen atoms in total. The van der Waals surface area contributed by atoms with Gasteiger partial charge in [0.1, 0.15) is 4.90 Å². The van der Waals surface area contributed by atoms with Crippen LogP contribution in [0.5, 0.6) is 0 Å². The number of likely N-dealkylation sites (tertiary alicyclic amines) is 1. The van der Waals surface area contributed by atoms with Crippen molar-refractivity contribution in [3.63, 3.8) is 0 Å². The van der Waals surface area contributed by atoms with Crippen molar-refractivity contribution in [1.29, 1.82) is 0 Å². The second-order valence-electron chi connectivity index (χ2n) is 6.86. The van der Waals surface area contributed by atoms with Gasteiger partial charge in [-0.2, -0.15) is 8.42 Å². The third-order valence-electron chi connectivity index (χ3n) is 5.07. The number of benzene rings is 2. The highest BCUT2D eigenvalue weighted by atomic mass is 32.2. The number of rotatable bonds is 2. The third-order valence-corrected chi connectivity index (χ3v) is 6.40. The van der Waals surface area contributed by atoms with Gasteiger partial charge in [0.15, 0.2) is 23.3 Å². The molecular formula is C19H16F3N3O3S. The quantitative estimate of drug-likeness (QED) is 0.754. The smallest absolute Gasteiger partial charge is 0.285 e. The minimum Gasteiger partial charge on any atom is -0.355 e. The predicted molar refractivity (Wildman–Crippen MR) is 99.4 cm³/mol. The summed E-state index contributed by atoms with van der Waals surface area (Å²) in [5.41, 5.74) is 0.107. The van der Waals surface area contributed by atoms with Gasteiger partial charge >= 0.3 is 0 Å². The normalized spacial score (nSPS) is 18.3. The molecule has 4 rings (SSSR count). The van der Waals surface area contributed by atoms with Crippen molar-refractivity contribution in [2.45, 2.75) is 17.7 Å². The van der Waals surface area contributed by atoms with E-state index in [4.69, 9.17) is 0 Å². The number of nitrogens with zero attached hydrogens (tertiary/aromatic N) is 2. The second-order valence-corrected chi connectivity index (χ2v) is 8.43. The maximum Gasteiger partial charge on any atom is 0.285 e. The van der Waals surface area contributed by atoms with E-state index in [1.54, 1.807) is 23.1 Å². The predicted octanol–water partition coefficient (Wildman–Crippen LogP) is 2.90. The molecule has 2 aliphatic heterocycles. The van der Waals surface area contributed by atoms with Crippen LogP contribution in [0.15, 0.2) is 45.7 Å². The van der Waals surface area contributed by atoms with Gasteiger partial charge in [-0.05, 0) is 37.1 Å². The Balaban J connectivity index is 1.44. The number of amidine groups is 1. The molecule has 0 bridgehead atoms. The first-order valence-corrected chi connectivity index (χ1v) is 10.4. The van der Waals surface area contributed by atoms with Crippen molar-refractivity contribution in [2.75, 3.05) is 18.4 Å². The number of sulfonamides is 1. The van der Waals surface area contributed by atoms with Crippen molar-refractivity contribution >= 4 is 27.5 Å². The van der Waals surface area contributed by atoms with Gasteiger partial charge in [0, 0.05) is 24.6 Å². The lowest BCUT2D eigenvalue weighted by molar-refractivity contribution is -0.121. The summed E-state index contributed by atoms with van der Waals surface area (Å²) in [7, 11) is -3.73. The lowest BCUT2D eigenvalue weighted by Crippen LogP contribution is -2.41. The fourth-order valence-electron chi connectivity index (χ4n) is 3.53. The first-order valence-electron chi connectivity index (χ1n) is 8.91. The zero-order chi connectivity index (χ0) is 20.8. The van der Waals surface area contributed by atoms with Crippen LogP contribution >= 0.6 is 0 Å². The number of piperidine rings is 1. The van der Waals surface area contributed by atoms with Gasteiger partial charge < -0.3 is 10.2 Å². The van der Waals surface area contributed by atoms with Crippen molar-refractivity contribution in [1.82, 2.24) is 4.90 Å². The van der Waals surface area contributed by atoms with Crippen molar-refractivity contribution < 1.29 is 26.4 Å². The highest BCUT2D eigenvalue weighted by Crippen LogP contribution is 2.30. The summed E-state index contributed by atoms with van der Waals surface area (Å²) in [6.07, 6.45) is 0.747. The number of amides is 1. The molecule has 0 radical (unpaired) electrons. The lowest BCUT2D eigenvalue weighted by Gasteiger charge is -2.32. The molecular weight excluding hydrogens is 407 g/mol. The molecule has 29 heavy (non-hydrogen) atoms. The van der Waals surface area contributed by atoms with E-state index in [1.165, 1.54) is 6.07 Å². The fraction of sp³-hybridized carbons (Fsp3) is 0.263. The summed E-state index contributed by atoms with van der Waals surface area (Å²) >= 11 is 0. The molecule has 1 amide bonds. The minimum absolute atomic E-state index is 0.156. The Bertz CT molecular complexity index is 1130. The summed E-state index contributed by atoms with van der Waals surface area (Å²) in [5.74, 6) is -5.05. The van der Waals surface area contributed by atoms with Crippen LogP contribution in [0.4, 0.5) is 18.9 Å². The number of carbonyl (C=O) groups is 1. The van der Waals surface area contributed by atoms with E-state index < -0.39 is 45.0 Å². The molecule has 152 valence electrons. The van der Waals surface area contributed by atoms with Crippen LogP contribution in [0.3, 0.4) is 0 Å². The Morgan fingerprint density at radius 2 is 1.72 bits per heavy atom. The molecule has 2 aromatic carbocycles. The zero-order valence-electron chi connectivity index (χ0n) is 15.0. The summed E-state index contributed by atoms with van der Waals surface area (Å²) in [6, 6.07) is 8.25. The topological polar surface area (TPSA) is 78.8 Å². The van der Waals surface area contributed by atoms with E-state index >= 15 is 0 Å². The number of anilines is 1. The number of carbonyl (C=O) groups excluding carboxylic acids is 1. The first kappa shape index (κ1) is 19.4. The van der Waals surface area contributed by atoms with Crippen LogP contribution in [-0.4, -0.2) is 38.2 Å². The van der Waals surface area contributed by atoms with E-state index in [0.717, 1.165) is 12.1 Å². The fourth-order valence-corrected chi connectivity index (χ4v) is 4.75. The molecule has 2 heterocycles. The molecule has 1 saturated heterocycles. The molecule has 1 N–H and O–H groups in total. The van der Waals surface area contributed by atoms with Crippen LogP contribution in [-0.2, 0) is 14.8 Å². The molecule has 2 aromatic rings. The largest absolute Gasteiger partial charge is 0.355 e. The Hall–Kier alpha value is -2.88. The maximum atomic E-state index is 13.8. The summed E-state index contributed by atoms with van der Waals surface area (Å²) in [6.45, 7) is 0.752. The highest BCUT2D eigenvalue weighted by Gasteiger charge is 2.34. The average molecular weight is 423 g/mol. The van der Waals surface area contributed by atoms with E-state index in [9.17, 15) is 26.4 Å². The standard InChI is InChI=1S/C19H16F3N3O3S/c20-13-5-6-14(17(22)16(13)21)23-19(26)11-7-9-25(10-8-11)18-12-3-1-2-4-15(12)29(27,28)24-18/h1-6,11H,7-10H2,(H,23,26). The van der Waals surface area contributed by atoms with Gasteiger partial charge in [-0.15, -0.1) is 4.40 Å². The van der Waals surface area contributed by atoms with Gasteiger partial charge in [-0.25, -0.2) is 13.2 Å². The number of hydrogen-bond acceptors (Lipinski definition) is 4. The summed E-state index contributed by atoms with van der Waals surface area (Å²) in [5, 5.41) is 2.30. The zero-order valence-corrected chi connectivity index (χ0v) is 15.8. The van der Waals surface area contributed by atoms with Crippen LogP contribution in [0.1, 0.15) is 18.4 Å². The summed E-state index contributed by atoms with van der Waals surface area (Å²) in [4.78, 5) is 14.4. The number of nitrogens with one attached hydrogen (secondary N) is 1. The van der Waals surface area contributed by atoms with Gasteiger partial charge in [0.25, 0.3) is 10.0 Å². The number of fused-ring (bicyclic) bond motifs is 1. The molecule has 0 spiro atoms. The Kier molecular flexibility index (Phi) is 4.81. The Labute approximate surface area is 165 Å². The van der Waals surface area contributed by atoms with Crippen molar-refractivity contribution in [3.8, 4) is 0 Å². The SMILES string of the molecule is O=C(Nc1ccc(F)c(F)c1F)C1CCN(C2=NS(=O)(=O)c3ccccc32)CC1. The Morgan fingerprint density at radius 3 is 2.45 bits per heavy atom. The number of halogens is 3. The molecule has 0 unspecified atom stereocenters. The monoisotopic (exact) mass is 423 g/mol. The maximum absolute atomic E-state index is 13.8. The highest BCUT2D eigenvalue weighted by molar-refractivity contribution is 7.90. The molecule has 0 aromatic heterocycles. The van der Waals surface area contributed by atoms with Crippen LogP contribution in [0, 0.1) is 23.4 Å². The second kappa shape index (κ2) is 7.18. The van der Waals surface area contributed by atoms with Crippen molar-refractivity contribution in [2.24, 2.45) is 10.3 Å². The molecule has 0 atom stereocenters. The van der Waals surface area contributed by atoms with E-state index in [0.29, 0.717) is 37.3 Å². The molecule has 10 heteroatoms. The molecule has 0 saturated carbocycles. The Morgan fingerprint density at radius 1 is 1.03 bits per heavy atom. The van der Waals surface area contributed by atoms with Crippen LogP contribution < -0.4 is 5.32 Å². The van der Waals surface area contributed by atoms with Crippen molar-refractivity contribution in [3.05, 3.63) is 59.4 Å². The summed E-state index contributed by atoms with van der Waals surface area (Å²) < 4.78 is 68.4. The third kappa shape index (κ3) is 3.48. The van der Waals surface area contributed by atoms with Crippen LogP contribution in [0.25, 0.3) is 0 Å². The molecule has 0 aliphatic carbocycles. The van der Waals surface area contributed by atoms with E-state index in [1.807, 2.05) is 0 Å². The van der Waals surface area contributed by atoms with E-state index in [2.05, 4.69) is 9.71 Å². The minimum atomic E-state index is -3.73. The van der Waals surface area contributed by atoms with E-state index in [-0.39, 0.29) is 4.90 Å². The van der Waals surface area contributed by atoms with Gasteiger partial charge in [-0.1, -0.05) is 12.1 Å².